The van der Waals surface area contributed by atoms with Gasteiger partial charge in [-0.15, -0.1) is 11.3 Å². The van der Waals surface area contributed by atoms with E-state index in [0.29, 0.717) is 32.6 Å². The lowest BCUT2D eigenvalue weighted by Gasteiger charge is -2.29. The summed E-state index contributed by atoms with van der Waals surface area (Å²) >= 11 is 1.72. The molecule has 1 saturated heterocycles. The average Bonchev–Trinajstić information content (AvgIpc) is 3.29. The van der Waals surface area contributed by atoms with Gasteiger partial charge in [0.2, 0.25) is 5.91 Å². The average molecular weight is 382 g/mol. The molecule has 9 heteroatoms. The van der Waals surface area contributed by atoms with Crippen molar-refractivity contribution >= 4 is 23.1 Å². The number of thiophene rings is 1. The highest BCUT2D eigenvalue weighted by atomic mass is 32.1. The molecule has 0 aromatic carbocycles. The molecule has 0 saturated carbocycles. The number of hydrogen-bond donors (Lipinski definition) is 0. The predicted molar refractivity (Wildman–Crippen MR) is 90.8 cm³/mol. The van der Waals surface area contributed by atoms with Gasteiger partial charge in [0.1, 0.15) is 17.8 Å². The highest BCUT2D eigenvalue weighted by Crippen LogP contribution is 2.31. The molecule has 2 aliphatic rings. The van der Waals surface area contributed by atoms with E-state index in [1.165, 1.54) is 10.4 Å². The molecule has 0 aliphatic carbocycles. The van der Waals surface area contributed by atoms with Crippen molar-refractivity contribution in [3.8, 4) is 0 Å². The summed E-state index contributed by atoms with van der Waals surface area (Å²) in [4.78, 5) is 25.0. The van der Waals surface area contributed by atoms with Gasteiger partial charge in [-0.3, -0.25) is 4.79 Å². The fraction of sp³-hybridized carbons (Fsp3) is 0.471. The third kappa shape index (κ3) is 3.27. The molecule has 2 aromatic heterocycles. The normalized spacial score (nSPS) is 20.3. The lowest BCUT2D eigenvalue weighted by Crippen LogP contribution is -2.40. The largest absolute Gasteiger partial charge is 0.433 e. The van der Waals surface area contributed by atoms with Gasteiger partial charge < -0.3 is 9.80 Å². The summed E-state index contributed by atoms with van der Waals surface area (Å²) in [5.74, 6) is 0.0929. The third-order valence-electron chi connectivity index (χ3n) is 4.92. The second-order valence-electron chi connectivity index (χ2n) is 6.57. The quantitative estimate of drug-likeness (QED) is 0.801. The number of hydrogen-bond acceptors (Lipinski definition) is 5. The van der Waals surface area contributed by atoms with Gasteiger partial charge in [-0.25, -0.2) is 9.97 Å². The van der Waals surface area contributed by atoms with Gasteiger partial charge in [0.05, 0.1) is 5.92 Å². The van der Waals surface area contributed by atoms with Crippen LogP contribution in [0.3, 0.4) is 0 Å². The van der Waals surface area contributed by atoms with Gasteiger partial charge in [0.15, 0.2) is 0 Å². The Hall–Kier alpha value is -2.16. The number of carbonyl (C=O) groups is 1. The van der Waals surface area contributed by atoms with Crippen LogP contribution < -0.4 is 4.90 Å². The van der Waals surface area contributed by atoms with Crippen molar-refractivity contribution in [2.24, 2.45) is 5.92 Å². The molecular weight excluding hydrogens is 365 g/mol. The van der Waals surface area contributed by atoms with Crippen LogP contribution in [0, 0.1) is 5.92 Å². The fourth-order valence-electron chi connectivity index (χ4n) is 3.54. The summed E-state index contributed by atoms with van der Waals surface area (Å²) in [6.07, 6.45) is -2.08. The number of alkyl halides is 3. The molecule has 0 bridgehead atoms. The number of halogens is 3. The molecule has 26 heavy (non-hydrogen) atoms. The summed E-state index contributed by atoms with van der Waals surface area (Å²) < 4.78 is 38.5. The molecule has 0 N–H and O–H groups in total. The van der Waals surface area contributed by atoms with Crippen molar-refractivity contribution in [3.63, 3.8) is 0 Å². The summed E-state index contributed by atoms with van der Waals surface area (Å²) in [5.41, 5.74) is 0.244. The Morgan fingerprint density at radius 1 is 1.27 bits per heavy atom. The molecule has 5 nitrogen and oxygen atoms in total. The maximum Gasteiger partial charge on any atom is 0.433 e. The Kier molecular flexibility index (Phi) is 4.34. The molecule has 0 spiro atoms. The molecule has 0 radical (unpaired) electrons. The molecule has 138 valence electrons. The van der Waals surface area contributed by atoms with Crippen molar-refractivity contribution in [1.82, 2.24) is 14.9 Å². The fourth-order valence-corrected chi connectivity index (χ4v) is 4.43. The molecule has 1 atom stereocenters. The summed E-state index contributed by atoms with van der Waals surface area (Å²) in [6, 6.07) is 3.01. The SMILES string of the molecule is O=C(C1CCN(c2cc(C(F)(F)F)ncn2)C1)N1CCc2sccc2C1. The Labute approximate surface area is 152 Å². The molecule has 1 amide bonds. The Morgan fingerprint density at radius 3 is 2.92 bits per heavy atom. The minimum atomic E-state index is -4.50. The van der Waals surface area contributed by atoms with Crippen molar-refractivity contribution in [2.45, 2.75) is 25.6 Å². The molecule has 2 aliphatic heterocycles. The minimum Gasteiger partial charge on any atom is -0.356 e. The van der Waals surface area contributed by atoms with Crippen LogP contribution >= 0.6 is 11.3 Å². The lowest BCUT2D eigenvalue weighted by atomic mass is 10.0. The minimum absolute atomic E-state index is 0.0782. The van der Waals surface area contributed by atoms with E-state index in [-0.39, 0.29) is 17.6 Å². The predicted octanol–water partition coefficient (Wildman–Crippen LogP) is 2.97. The van der Waals surface area contributed by atoms with E-state index in [0.717, 1.165) is 18.8 Å². The molecule has 2 aromatic rings. The monoisotopic (exact) mass is 382 g/mol. The van der Waals surface area contributed by atoms with Gasteiger partial charge in [0.25, 0.3) is 0 Å². The second kappa shape index (κ2) is 6.53. The van der Waals surface area contributed by atoms with E-state index in [9.17, 15) is 18.0 Å². The second-order valence-corrected chi connectivity index (χ2v) is 7.57. The first-order chi connectivity index (χ1) is 12.4. The zero-order valence-electron chi connectivity index (χ0n) is 13.9. The van der Waals surface area contributed by atoms with Gasteiger partial charge in [-0.1, -0.05) is 0 Å². The first-order valence-electron chi connectivity index (χ1n) is 8.40. The van der Waals surface area contributed by atoms with Crippen LogP contribution in [-0.4, -0.2) is 40.4 Å². The first kappa shape index (κ1) is 17.3. The van der Waals surface area contributed by atoms with E-state index in [1.807, 2.05) is 10.3 Å². The molecule has 4 heterocycles. The smallest absolute Gasteiger partial charge is 0.356 e. The Morgan fingerprint density at radius 2 is 2.12 bits per heavy atom. The van der Waals surface area contributed by atoms with Crippen molar-refractivity contribution in [1.29, 1.82) is 0 Å². The molecule has 1 fully saturated rings. The van der Waals surface area contributed by atoms with Gasteiger partial charge in [0, 0.05) is 37.1 Å². The maximum atomic E-state index is 12.8. The number of anilines is 1. The van der Waals surface area contributed by atoms with Crippen LogP contribution in [0.2, 0.25) is 0 Å². The Bertz CT molecular complexity index is 822. The zero-order chi connectivity index (χ0) is 18.3. The summed E-state index contributed by atoms with van der Waals surface area (Å²) in [5, 5.41) is 2.04. The van der Waals surface area contributed by atoms with Crippen LogP contribution in [-0.2, 0) is 23.9 Å². The number of amides is 1. The first-order valence-corrected chi connectivity index (χ1v) is 9.28. The molecular formula is C17H17F3N4OS. The molecule has 4 rings (SSSR count). The number of fused-ring (bicyclic) bond motifs is 1. The van der Waals surface area contributed by atoms with Crippen LogP contribution in [0.25, 0.3) is 0 Å². The van der Waals surface area contributed by atoms with E-state index in [1.54, 1.807) is 16.2 Å². The topological polar surface area (TPSA) is 49.3 Å². The van der Waals surface area contributed by atoms with E-state index in [2.05, 4.69) is 16.0 Å². The van der Waals surface area contributed by atoms with Gasteiger partial charge in [-0.05, 0) is 29.9 Å². The lowest BCUT2D eigenvalue weighted by molar-refractivity contribution is -0.141. The molecule has 1 unspecified atom stereocenters. The van der Waals surface area contributed by atoms with Crippen molar-refractivity contribution < 1.29 is 18.0 Å². The third-order valence-corrected chi connectivity index (χ3v) is 5.95. The summed E-state index contributed by atoms with van der Waals surface area (Å²) in [6.45, 7) is 2.23. The van der Waals surface area contributed by atoms with E-state index >= 15 is 0 Å². The number of carbonyl (C=O) groups excluding carboxylic acids is 1. The highest BCUT2D eigenvalue weighted by molar-refractivity contribution is 7.10. The van der Waals surface area contributed by atoms with E-state index in [4.69, 9.17) is 0 Å². The van der Waals surface area contributed by atoms with Crippen LogP contribution in [0.4, 0.5) is 19.0 Å². The van der Waals surface area contributed by atoms with Gasteiger partial charge in [-0.2, -0.15) is 13.2 Å². The number of rotatable bonds is 2. The van der Waals surface area contributed by atoms with Crippen LogP contribution in [0.1, 0.15) is 22.6 Å². The maximum absolute atomic E-state index is 12.8. The van der Waals surface area contributed by atoms with Gasteiger partial charge >= 0.3 is 6.18 Å². The van der Waals surface area contributed by atoms with Crippen molar-refractivity contribution in [3.05, 3.63) is 40.0 Å². The van der Waals surface area contributed by atoms with E-state index < -0.39 is 11.9 Å². The van der Waals surface area contributed by atoms with Crippen LogP contribution in [0.15, 0.2) is 23.8 Å². The Balaban J connectivity index is 1.43. The number of nitrogens with zero attached hydrogens (tertiary/aromatic N) is 4. The number of aromatic nitrogens is 2. The van der Waals surface area contributed by atoms with Crippen molar-refractivity contribution in [2.75, 3.05) is 24.5 Å². The standard InChI is InChI=1S/C17H17F3N4OS/c18-17(19,20)14-7-15(22-10-21-14)23-4-1-12(9-23)16(25)24-5-2-13-11(8-24)3-6-26-13/h3,6-7,10,12H,1-2,4-5,8-9H2. The summed E-state index contributed by atoms with van der Waals surface area (Å²) in [7, 11) is 0. The zero-order valence-corrected chi connectivity index (χ0v) is 14.7. The highest BCUT2D eigenvalue weighted by Gasteiger charge is 2.36. The van der Waals surface area contributed by atoms with Crippen LogP contribution in [0.5, 0.6) is 0 Å².